The number of carboxylic acids is 1. The SMILES string of the molecule is CCOC(=O)C(CCCc1cccc(C(F)(F)F)c1)C(=O)O. The van der Waals surface area contributed by atoms with Gasteiger partial charge in [-0.3, -0.25) is 9.59 Å². The Hall–Kier alpha value is -2.05. The molecule has 0 aliphatic rings. The van der Waals surface area contributed by atoms with Crippen molar-refractivity contribution in [3.05, 3.63) is 35.4 Å². The van der Waals surface area contributed by atoms with Crippen LogP contribution in [0.2, 0.25) is 0 Å². The van der Waals surface area contributed by atoms with Crippen LogP contribution < -0.4 is 0 Å². The summed E-state index contributed by atoms with van der Waals surface area (Å²) in [4.78, 5) is 22.5. The van der Waals surface area contributed by atoms with Crippen molar-refractivity contribution in [2.75, 3.05) is 6.61 Å². The first kappa shape index (κ1) is 18.0. The van der Waals surface area contributed by atoms with Crippen LogP contribution >= 0.6 is 0 Å². The van der Waals surface area contributed by atoms with Crippen molar-refractivity contribution in [3.63, 3.8) is 0 Å². The summed E-state index contributed by atoms with van der Waals surface area (Å²) in [6.07, 6.45) is -3.86. The number of aryl methyl sites for hydroxylation is 1. The van der Waals surface area contributed by atoms with E-state index in [1.165, 1.54) is 12.1 Å². The second-order valence-corrected chi connectivity index (χ2v) is 4.73. The summed E-state index contributed by atoms with van der Waals surface area (Å²) in [5.74, 6) is -3.40. The van der Waals surface area contributed by atoms with Crippen LogP contribution in [0.5, 0.6) is 0 Å². The Balaban J connectivity index is 2.62. The molecule has 7 heteroatoms. The fraction of sp³-hybridized carbons (Fsp3) is 0.467. The predicted octanol–water partition coefficient (Wildman–Crippen LogP) is 3.29. The molecule has 1 aromatic rings. The molecule has 0 saturated heterocycles. The van der Waals surface area contributed by atoms with Gasteiger partial charge < -0.3 is 9.84 Å². The molecule has 0 fully saturated rings. The van der Waals surface area contributed by atoms with Gasteiger partial charge in [0.2, 0.25) is 0 Å². The number of carbonyl (C=O) groups is 2. The van der Waals surface area contributed by atoms with Crippen molar-refractivity contribution in [2.45, 2.75) is 32.4 Å². The third kappa shape index (κ3) is 5.38. The summed E-state index contributed by atoms with van der Waals surface area (Å²) < 4.78 is 42.4. The van der Waals surface area contributed by atoms with E-state index in [0.717, 1.165) is 12.1 Å². The van der Waals surface area contributed by atoms with Crippen LogP contribution in [0.15, 0.2) is 24.3 Å². The molecule has 4 nitrogen and oxygen atoms in total. The molecule has 122 valence electrons. The van der Waals surface area contributed by atoms with Crippen molar-refractivity contribution < 1.29 is 32.6 Å². The van der Waals surface area contributed by atoms with Crippen molar-refractivity contribution in [3.8, 4) is 0 Å². The lowest BCUT2D eigenvalue weighted by atomic mass is 9.99. The maximum atomic E-state index is 12.6. The van der Waals surface area contributed by atoms with Crippen molar-refractivity contribution in [1.82, 2.24) is 0 Å². The average molecular weight is 318 g/mol. The first-order chi connectivity index (χ1) is 10.3. The smallest absolute Gasteiger partial charge is 0.416 e. The van der Waals surface area contributed by atoms with Crippen LogP contribution in [0, 0.1) is 5.92 Å². The molecule has 0 heterocycles. The molecule has 1 rings (SSSR count). The maximum Gasteiger partial charge on any atom is 0.416 e. The van der Waals surface area contributed by atoms with E-state index in [1.54, 1.807) is 6.92 Å². The summed E-state index contributed by atoms with van der Waals surface area (Å²) in [5.41, 5.74) is -0.298. The highest BCUT2D eigenvalue weighted by Gasteiger charge is 2.30. The van der Waals surface area contributed by atoms with Crippen molar-refractivity contribution >= 4 is 11.9 Å². The number of carbonyl (C=O) groups excluding carboxylic acids is 1. The van der Waals surface area contributed by atoms with Gasteiger partial charge in [0, 0.05) is 0 Å². The molecule has 0 aliphatic carbocycles. The molecule has 0 radical (unpaired) electrons. The predicted molar refractivity (Wildman–Crippen MR) is 72.1 cm³/mol. The van der Waals surface area contributed by atoms with E-state index in [4.69, 9.17) is 5.11 Å². The third-order valence-electron chi connectivity index (χ3n) is 3.08. The van der Waals surface area contributed by atoms with Gasteiger partial charge in [-0.1, -0.05) is 18.2 Å². The molecule has 22 heavy (non-hydrogen) atoms. The number of ether oxygens (including phenoxy) is 1. The van der Waals surface area contributed by atoms with E-state index in [1.807, 2.05) is 0 Å². The number of halogens is 3. The minimum absolute atomic E-state index is 0.0183. The van der Waals surface area contributed by atoms with Gasteiger partial charge in [-0.25, -0.2) is 0 Å². The van der Waals surface area contributed by atoms with Gasteiger partial charge in [0.15, 0.2) is 5.92 Å². The standard InChI is InChI=1S/C15H17F3O4/c1-2-22-14(21)12(13(19)20)8-4-6-10-5-3-7-11(9-10)15(16,17)18/h3,5,7,9,12H,2,4,6,8H2,1H3,(H,19,20). The zero-order chi connectivity index (χ0) is 16.8. The van der Waals surface area contributed by atoms with Crippen LogP contribution in [-0.2, 0) is 26.9 Å². The lowest BCUT2D eigenvalue weighted by Crippen LogP contribution is -2.26. The zero-order valence-electron chi connectivity index (χ0n) is 12.0. The molecular formula is C15H17F3O4. The Labute approximate surface area is 125 Å². The molecule has 1 N–H and O–H groups in total. The number of hydrogen-bond donors (Lipinski definition) is 1. The number of benzene rings is 1. The van der Waals surface area contributed by atoms with Crippen LogP contribution in [0.1, 0.15) is 30.9 Å². The topological polar surface area (TPSA) is 63.6 Å². The van der Waals surface area contributed by atoms with Crippen LogP contribution in [-0.4, -0.2) is 23.7 Å². The molecule has 0 bridgehead atoms. The highest BCUT2D eigenvalue weighted by Crippen LogP contribution is 2.29. The summed E-state index contributed by atoms with van der Waals surface area (Å²) in [5, 5.41) is 8.97. The molecule has 1 aromatic carbocycles. The summed E-state index contributed by atoms with van der Waals surface area (Å²) in [6.45, 7) is 1.65. The molecule has 0 aromatic heterocycles. The van der Waals surface area contributed by atoms with Gasteiger partial charge in [-0.15, -0.1) is 0 Å². The fourth-order valence-electron chi connectivity index (χ4n) is 2.00. The largest absolute Gasteiger partial charge is 0.481 e. The van der Waals surface area contributed by atoms with E-state index >= 15 is 0 Å². The number of esters is 1. The molecule has 0 saturated carbocycles. The van der Waals surface area contributed by atoms with Crippen molar-refractivity contribution in [2.24, 2.45) is 5.92 Å². The van der Waals surface area contributed by atoms with Gasteiger partial charge in [-0.2, -0.15) is 13.2 Å². The molecule has 0 aliphatic heterocycles. The Morgan fingerprint density at radius 2 is 2.00 bits per heavy atom. The van der Waals surface area contributed by atoms with Crippen molar-refractivity contribution in [1.29, 1.82) is 0 Å². The zero-order valence-corrected chi connectivity index (χ0v) is 12.0. The first-order valence-electron chi connectivity index (χ1n) is 6.81. The summed E-state index contributed by atoms with van der Waals surface area (Å²) in [7, 11) is 0. The Morgan fingerprint density at radius 3 is 2.55 bits per heavy atom. The Bertz CT molecular complexity index is 526. The number of aliphatic carboxylic acids is 1. The minimum atomic E-state index is -4.41. The Morgan fingerprint density at radius 1 is 1.32 bits per heavy atom. The van der Waals surface area contributed by atoms with Gasteiger partial charge in [-0.05, 0) is 37.8 Å². The average Bonchev–Trinajstić information content (AvgIpc) is 2.42. The lowest BCUT2D eigenvalue weighted by molar-refractivity contribution is -0.158. The van der Waals surface area contributed by atoms with E-state index < -0.39 is 29.6 Å². The lowest BCUT2D eigenvalue weighted by Gasteiger charge is -2.12. The molecule has 0 spiro atoms. The monoisotopic (exact) mass is 318 g/mol. The molecule has 0 amide bonds. The van der Waals surface area contributed by atoms with E-state index in [9.17, 15) is 22.8 Å². The number of hydrogen-bond acceptors (Lipinski definition) is 3. The second kappa shape index (κ2) is 7.82. The highest BCUT2D eigenvalue weighted by molar-refractivity contribution is 5.93. The number of alkyl halides is 3. The number of carboxylic acid groups (broad SMARTS) is 1. The maximum absolute atomic E-state index is 12.6. The molecule has 1 unspecified atom stereocenters. The summed E-state index contributed by atoms with van der Waals surface area (Å²) in [6, 6.07) is 4.84. The third-order valence-corrected chi connectivity index (χ3v) is 3.08. The van der Waals surface area contributed by atoms with Crippen LogP contribution in [0.4, 0.5) is 13.2 Å². The fourth-order valence-corrected chi connectivity index (χ4v) is 2.00. The van der Waals surface area contributed by atoms with Gasteiger partial charge in [0.25, 0.3) is 0 Å². The Kier molecular flexibility index (Phi) is 6.39. The molecule has 1 atom stereocenters. The van der Waals surface area contributed by atoms with E-state index in [-0.39, 0.29) is 25.9 Å². The van der Waals surface area contributed by atoms with E-state index in [2.05, 4.69) is 4.74 Å². The normalized spacial score (nSPS) is 12.7. The van der Waals surface area contributed by atoms with Gasteiger partial charge in [0.1, 0.15) is 0 Å². The van der Waals surface area contributed by atoms with Gasteiger partial charge >= 0.3 is 18.1 Å². The summed E-state index contributed by atoms with van der Waals surface area (Å²) >= 11 is 0. The number of rotatable bonds is 7. The first-order valence-corrected chi connectivity index (χ1v) is 6.81. The van der Waals surface area contributed by atoms with Gasteiger partial charge in [0.05, 0.1) is 12.2 Å². The van der Waals surface area contributed by atoms with Crippen LogP contribution in [0.3, 0.4) is 0 Å². The highest BCUT2D eigenvalue weighted by atomic mass is 19.4. The molecular weight excluding hydrogens is 301 g/mol. The second-order valence-electron chi connectivity index (χ2n) is 4.73. The van der Waals surface area contributed by atoms with E-state index in [0.29, 0.717) is 5.56 Å². The quantitative estimate of drug-likeness (QED) is 0.619. The van der Waals surface area contributed by atoms with Crippen LogP contribution in [0.25, 0.3) is 0 Å². The minimum Gasteiger partial charge on any atom is -0.481 e.